The Hall–Kier alpha value is -3.78. The number of carbonyl (C=O) groups excluding carboxylic acids is 1. The molecule has 158 valence electrons. The van der Waals surface area contributed by atoms with Gasteiger partial charge in [-0.25, -0.2) is 4.39 Å². The Morgan fingerprint density at radius 2 is 1.84 bits per heavy atom. The fraction of sp³-hybridized carbons (Fsp3) is 0.174. The van der Waals surface area contributed by atoms with Crippen LogP contribution in [0.2, 0.25) is 0 Å². The summed E-state index contributed by atoms with van der Waals surface area (Å²) in [5.74, 6) is -0.862. The van der Waals surface area contributed by atoms with Crippen LogP contribution in [0, 0.1) is 5.82 Å². The Kier molecular flexibility index (Phi) is 5.64. The SMILES string of the molecule is CN(C)CCn1ccc2cc(NC(=O)c3ccc(=O)n(-c4ccc(F)cc4)n3)ccc21. The van der Waals surface area contributed by atoms with Crippen molar-refractivity contribution in [1.29, 1.82) is 0 Å². The predicted molar refractivity (Wildman–Crippen MR) is 118 cm³/mol. The van der Waals surface area contributed by atoms with Crippen LogP contribution in [-0.4, -0.2) is 45.8 Å². The number of halogens is 1. The molecule has 0 unspecified atom stereocenters. The van der Waals surface area contributed by atoms with Gasteiger partial charge < -0.3 is 14.8 Å². The second-order valence-corrected chi connectivity index (χ2v) is 7.49. The summed E-state index contributed by atoms with van der Waals surface area (Å²) in [6.07, 6.45) is 2.03. The lowest BCUT2D eigenvalue weighted by Gasteiger charge is -2.11. The van der Waals surface area contributed by atoms with E-state index in [9.17, 15) is 14.0 Å². The average molecular weight is 419 g/mol. The summed E-state index contributed by atoms with van der Waals surface area (Å²) in [4.78, 5) is 27.0. The minimum atomic E-state index is -0.442. The van der Waals surface area contributed by atoms with Crippen LogP contribution in [0.5, 0.6) is 0 Å². The minimum Gasteiger partial charge on any atom is -0.346 e. The van der Waals surface area contributed by atoms with Gasteiger partial charge in [0.2, 0.25) is 0 Å². The van der Waals surface area contributed by atoms with Crippen LogP contribution >= 0.6 is 0 Å². The first-order valence-corrected chi connectivity index (χ1v) is 9.82. The fourth-order valence-electron chi connectivity index (χ4n) is 3.28. The molecule has 0 aliphatic carbocycles. The molecule has 0 fully saturated rings. The Balaban J connectivity index is 1.55. The monoisotopic (exact) mass is 419 g/mol. The standard InChI is InChI=1S/C23H22FN5O2/c1-27(2)13-14-28-12-11-16-15-18(5-9-21(16)28)25-23(31)20-8-10-22(30)29(26-20)19-6-3-17(24)4-7-19/h3-12,15H,13-14H2,1-2H3,(H,25,31). The van der Waals surface area contributed by atoms with E-state index >= 15 is 0 Å². The van der Waals surface area contributed by atoms with Gasteiger partial charge in [0.05, 0.1) is 5.69 Å². The molecule has 2 heterocycles. The minimum absolute atomic E-state index is 0.0765. The molecule has 0 atom stereocenters. The Morgan fingerprint density at radius 1 is 1.06 bits per heavy atom. The number of nitrogens with zero attached hydrogens (tertiary/aromatic N) is 4. The van der Waals surface area contributed by atoms with E-state index in [1.165, 1.54) is 36.4 Å². The van der Waals surface area contributed by atoms with Crippen LogP contribution in [-0.2, 0) is 6.54 Å². The summed E-state index contributed by atoms with van der Waals surface area (Å²) in [7, 11) is 4.07. The molecular weight excluding hydrogens is 397 g/mol. The van der Waals surface area contributed by atoms with Gasteiger partial charge in [-0.15, -0.1) is 0 Å². The van der Waals surface area contributed by atoms with E-state index in [1.807, 2.05) is 44.6 Å². The molecule has 8 heteroatoms. The van der Waals surface area contributed by atoms with E-state index in [-0.39, 0.29) is 5.69 Å². The van der Waals surface area contributed by atoms with Crippen molar-refractivity contribution in [3.05, 3.63) is 88.7 Å². The summed E-state index contributed by atoms with van der Waals surface area (Å²) in [6.45, 7) is 1.80. The highest BCUT2D eigenvalue weighted by Crippen LogP contribution is 2.21. The lowest BCUT2D eigenvalue weighted by molar-refractivity contribution is 0.102. The Bertz CT molecular complexity index is 1290. The van der Waals surface area contributed by atoms with Crippen LogP contribution in [0.4, 0.5) is 10.1 Å². The fourth-order valence-corrected chi connectivity index (χ4v) is 3.28. The third kappa shape index (κ3) is 4.54. The molecule has 0 saturated heterocycles. The van der Waals surface area contributed by atoms with E-state index in [0.29, 0.717) is 11.4 Å². The van der Waals surface area contributed by atoms with Crippen molar-refractivity contribution in [2.24, 2.45) is 0 Å². The number of aromatic nitrogens is 3. The number of nitrogens with one attached hydrogen (secondary N) is 1. The molecule has 2 aromatic heterocycles. The number of benzene rings is 2. The third-order valence-corrected chi connectivity index (χ3v) is 4.92. The summed E-state index contributed by atoms with van der Waals surface area (Å²) in [5.41, 5.74) is 1.75. The van der Waals surface area contributed by atoms with Gasteiger partial charge in [0.15, 0.2) is 0 Å². The van der Waals surface area contributed by atoms with Gasteiger partial charge >= 0.3 is 0 Å². The normalized spacial score (nSPS) is 11.2. The Morgan fingerprint density at radius 3 is 2.58 bits per heavy atom. The number of rotatable bonds is 6. The van der Waals surface area contributed by atoms with Crippen molar-refractivity contribution >= 4 is 22.5 Å². The van der Waals surface area contributed by atoms with Crippen molar-refractivity contribution in [1.82, 2.24) is 19.2 Å². The first-order valence-electron chi connectivity index (χ1n) is 9.82. The van der Waals surface area contributed by atoms with Crippen LogP contribution in [0.25, 0.3) is 16.6 Å². The average Bonchev–Trinajstić information content (AvgIpc) is 3.15. The lowest BCUT2D eigenvalue weighted by Crippen LogP contribution is -2.24. The van der Waals surface area contributed by atoms with Gasteiger partial charge in [0, 0.05) is 41.9 Å². The molecule has 0 radical (unpaired) electrons. The van der Waals surface area contributed by atoms with Crippen LogP contribution in [0.15, 0.2) is 71.7 Å². The number of carbonyl (C=O) groups is 1. The predicted octanol–water partition coefficient (Wildman–Crippen LogP) is 3.14. The number of anilines is 1. The first-order chi connectivity index (χ1) is 14.9. The van der Waals surface area contributed by atoms with Gasteiger partial charge in [0.1, 0.15) is 11.5 Å². The van der Waals surface area contributed by atoms with Gasteiger partial charge in [0.25, 0.3) is 11.5 Å². The molecule has 0 aliphatic rings. The van der Waals surface area contributed by atoms with Gasteiger partial charge in [-0.05, 0) is 68.7 Å². The van der Waals surface area contributed by atoms with Crippen LogP contribution in [0.1, 0.15) is 10.5 Å². The largest absolute Gasteiger partial charge is 0.346 e. The highest BCUT2D eigenvalue weighted by Gasteiger charge is 2.12. The van der Waals surface area contributed by atoms with Crippen molar-refractivity contribution in [3.63, 3.8) is 0 Å². The molecule has 0 bridgehead atoms. The number of fused-ring (bicyclic) bond motifs is 1. The number of hydrogen-bond acceptors (Lipinski definition) is 4. The molecule has 0 aliphatic heterocycles. The van der Waals surface area contributed by atoms with E-state index in [1.54, 1.807) is 0 Å². The zero-order valence-electron chi connectivity index (χ0n) is 17.2. The van der Waals surface area contributed by atoms with E-state index in [2.05, 4.69) is 19.9 Å². The quantitative estimate of drug-likeness (QED) is 0.521. The maximum Gasteiger partial charge on any atom is 0.276 e. The number of likely N-dealkylation sites (N-methyl/N-ethyl adjacent to an activating group) is 1. The molecule has 1 N–H and O–H groups in total. The van der Waals surface area contributed by atoms with Gasteiger partial charge in [-0.3, -0.25) is 9.59 Å². The van der Waals surface area contributed by atoms with Crippen molar-refractivity contribution < 1.29 is 9.18 Å². The smallest absolute Gasteiger partial charge is 0.276 e. The van der Waals surface area contributed by atoms with Crippen LogP contribution in [0.3, 0.4) is 0 Å². The maximum absolute atomic E-state index is 13.2. The van der Waals surface area contributed by atoms with Crippen molar-refractivity contribution in [2.45, 2.75) is 6.54 Å². The van der Waals surface area contributed by atoms with E-state index in [0.717, 1.165) is 28.7 Å². The summed E-state index contributed by atoms with van der Waals surface area (Å²) >= 11 is 0. The summed E-state index contributed by atoms with van der Waals surface area (Å²) in [6, 6.07) is 15.7. The summed E-state index contributed by atoms with van der Waals surface area (Å²) < 4.78 is 16.4. The van der Waals surface area contributed by atoms with Crippen LogP contribution < -0.4 is 10.9 Å². The zero-order chi connectivity index (χ0) is 22.0. The number of hydrogen-bond donors (Lipinski definition) is 1. The molecule has 0 spiro atoms. The summed E-state index contributed by atoms with van der Waals surface area (Å²) in [5, 5.41) is 7.97. The first kappa shape index (κ1) is 20.5. The van der Waals surface area contributed by atoms with Crippen molar-refractivity contribution in [3.8, 4) is 5.69 Å². The molecule has 31 heavy (non-hydrogen) atoms. The third-order valence-electron chi connectivity index (χ3n) is 4.92. The topological polar surface area (TPSA) is 72.2 Å². The molecule has 0 saturated carbocycles. The second kappa shape index (κ2) is 8.53. The Labute approximate surface area is 178 Å². The second-order valence-electron chi connectivity index (χ2n) is 7.49. The molecule has 4 rings (SSSR count). The van der Waals surface area contributed by atoms with Gasteiger partial charge in [-0.2, -0.15) is 9.78 Å². The molecule has 1 amide bonds. The lowest BCUT2D eigenvalue weighted by atomic mass is 10.2. The molecule has 2 aromatic carbocycles. The maximum atomic E-state index is 13.2. The highest BCUT2D eigenvalue weighted by atomic mass is 19.1. The molecule has 4 aromatic rings. The highest BCUT2D eigenvalue weighted by molar-refractivity contribution is 6.03. The van der Waals surface area contributed by atoms with E-state index < -0.39 is 17.3 Å². The van der Waals surface area contributed by atoms with Gasteiger partial charge in [-0.1, -0.05) is 0 Å². The zero-order valence-corrected chi connectivity index (χ0v) is 17.2. The number of amides is 1. The molecule has 7 nitrogen and oxygen atoms in total. The molecular formula is C23H22FN5O2. The van der Waals surface area contributed by atoms with E-state index in [4.69, 9.17) is 0 Å². The van der Waals surface area contributed by atoms with Crippen molar-refractivity contribution in [2.75, 3.05) is 26.0 Å².